The van der Waals surface area contributed by atoms with Crippen molar-refractivity contribution in [2.24, 2.45) is 0 Å². The molecule has 0 bridgehead atoms. The monoisotopic (exact) mass is 583 g/mol. The van der Waals surface area contributed by atoms with Crippen LogP contribution in [0.5, 0.6) is 0 Å². The van der Waals surface area contributed by atoms with Crippen LogP contribution in [-0.4, -0.2) is 85.9 Å². The summed E-state index contributed by atoms with van der Waals surface area (Å²) in [5, 5.41) is 2.22. The Labute approximate surface area is 247 Å². The maximum Gasteiger partial charge on any atom is 0.259 e. The number of nitrogens with zero attached hydrogens (tertiary/aromatic N) is 5. The smallest absolute Gasteiger partial charge is 0.259 e. The zero-order valence-corrected chi connectivity index (χ0v) is 24.6. The quantitative estimate of drug-likeness (QED) is 0.306. The molecule has 0 N–H and O–H groups in total. The molecule has 2 aromatic carbocycles. The molecule has 2 fully saturated rings. The molecular weight excluding hydrogens is 550 g/mol. The third-order valence-electron chi connectivity index (χ3n) is 8.33. The van der Waals surface area contributed by atoms with E-state index in [0.29, 0.717) is 51.0 Å². The Balaban J connectivity index is 1.29. The minimum absolute atomic E-state index is 0.0640. The van der Waals surface area contributed by atoms with Crippen LogP contribution in [0.1, 0.15) is 6.92 Å². The first-order chi connectivity index (χ1) is 20.5. The number of morpholine rings is 2. The zero-order valence-electron chi connectivity index (χ0n) is 23.8. The van der Waals surface area contributed by atoms with Crippen LogP contribution >= 0.6 is 11.3 Å². The molecule has 5 aromatic rings. The van der Waals surface area contributed by atoms with E-state index in [4.69, 9.17) is 14.5 Å². The predicted octanol–water partition coefficient (Wildman–Crippen LogP) is 4.25. The minimum Gasteiger partial charge on any atom is -0.379 e. The number of hydrogen-bond acceptors (Lipinski definition) is 8. The summed E-state index contributed by atoms with van der Waals surface area (Å²) in [6, 6.07) is 18.2. The highest BCUT2D eigenvalue weighted by Crippen LogP contribution is 2.42. The Hall–Kier alpha value is -3.83. The predicted molar refractivity (Wildman–Crippen MR) is 168 cm³/mol. The van der Waals surface area contributed by atoms with Crippen molar-refractivity contribution in [2.45, 2.75) is 13.0 Å². The van der Waals surface area contributed by atoms with Crippen LogP contribution in [0.15, 0.2) is 65.6 Å². The van der Waals surface area contributed by atoms with Gasteiger partial charge in [-0.1, -0.05) is 18.2 Å². The van der Waals surface area contributed by atoms with E-state index < -0.39 is 0 Å². The molecule has 9 nitrogen and oxygen atoms in total. The number of hydrogen-bond donors (Lipinski definition) is 0. The zero-order chi connectivity index (χ0) is 28.8. The summed E-state index contributed by atoms with van der Waals surface area (Å²) < 4.78 is 14.9. The summed E-state index contributed by atoms with van der Waals surface area (Å²) in [6.45, 7) is 7.28. The van der Waals surface area contributed by atoms with Crippen LogP contribution in [0.4, 0.5) is 11.5 Å². The van der Waals surface area contributed by atoms with Gasteiger partial charge in [0.2, 0.25) is 5.91 Å². The fraction of sp³-hybridized carbons (Fsp3) is 0.344. The number of aromatic nitrogens is 2. The Kier molecular flexibility index (Phi) is 7.15. The summed E-state index contributed by atoms with van der Waals surface area (Å²) in [7, 11) is 1.84. The van der Waals surface area contributed by atoms with Crippen LogP contribution in [-0.2, 0) is 14.3 Å². The number of rotatable bonds is 5. The molecule has 1 amide bonds. The van der Waals surface area contributed by atoms with E-state index in [0.717, 1.165) is 50.1 Å². The van der Waals surface area contributed by atoms with E-state index in [1.165, 1.54) is 0 Å². The standard InChI is InChI=1S/C32H33N5O4S/c1-21-20-41-16-13-36(21)28-18-29(38)37-10-4-7-25(32(37)33-28)23-5-3-6-24-26-17-22(8-9-27(26)42-31(23)24)34(2)30(39)19-35-11-14-40-15-12-35/h3-10,17-18,21H,11-16,19-20H2,1-2H3/t21-/m1/s1. The second-order valence-electron chi connectivity index (χ2n) is 11.0. The van der Waals surface area contributed by atoms with Gasteiger partial charge in [0.1, 0.15) is 11.5 Å². The molecule has 216 valence electrons. The van der Waals surface area contributed by atoms with Crippen molar-refractivity contribution in [3.63, 3.8) is 0 Å². The summed E-state index contributed by atoms with van der Waals surface area (Å²) >= 11 is 1.72. The van der Waals surface area contributed by atoms with Gasteiger partial charge in [-0.15, -0.1) is 11.3 Å². The molecule has 1 atom stereocenters. The van der Waals surface area contributed by atoms with Crippen molar-refractivity contribution in [1.29, 1.82) is 0 Å². The number of likely N-dealkylation sites (N-methyl/N-ethyl adjacent to an activating group) is 1. The van der Waals surface area contributed by atoms with Gasteiger partial charge in [0.05, 0.1) is 39.0 Å². The van der Waals surface area contributed by atoms with Gasteiger partial charge in [0.15, 0.2) is 0 Å². The van der Waals surface area contributed by atoms with Gasteiger partial charge in [-0.3, -0.25) is 18.9 Å². The summed E-state index contributed by atoms with van der Waals surface area (Å²) in [5.41, 5.74) is 3.34. The lowest BCUT2D eigenvalue weighted by Crippen LogP contribution is -2.44. The van der Waals surface area contributed by atoms with Crippen molar-refractivity contribution in [3.05, 3.63) is 71.1 Å². The molecule has 0 saturated carbocycles. The number of ether oxygens (including phenoxy) is 2. The van der Waals surface area contributed by atoms with Crippen molar-refractivity contribution >= 4 is 54.6 Å². The highest BCUT2D eigenvalue weighted by molar-refractivity contribution is 7.26. The second kappa shape index (κ2) is 11.1. The molecule has 3 aromatic heterocycles. The molecule has 0 unspecified atom stereocenters. The van der Waals surface area contributed by atoms with Crippen molar-refractivity contribution in [2.75, 3.05) is 69.5 Å². The summed E-state index contributed by atoms with van der Waals surface area (Å²) in [5.74, 6) is 0.746. The number of fused-ring (bicyclic) bond motifs is 4. The Morgan fingerprint density at radius 2 is 1.81 bits per heavy atom. The van der Waals surface area contributed by atoms with Crippen LogP contribution in [0, 0.1) is 0 Å². The average molecular weight is 584 g/mol. The maximum absolute atomic E-state index is 13.2. The SMILES string of the molecule is C[C@@H]1COCCN1c1cc(=O)n2cccc(-c3cccc4c3sc3ccc(N(C)C(=O)CN5CCOCC5)cc34)c2n1. The van der Waals surface area contributed by atoms with Gasteiger partial charge in [-0.05, 0) is 37.3 Å². The topological polar surface area (TPSA) is 79.6 Å². The molecule has 42 heavy (non-hydrogen) atoms. The number of pyridine rings is 1. The van der Waals surface area contributed by atoms with Crippen LogP contribution in [0.25, 0.3) is 36.9 Å². The summed E-state index contributed by atoms with van der Waals surface area (Å²) in [4.78, 5) is 37.4. The maximum atomic E-state index is 13.2. The lowest BCUT2D eigenvalue weighted by atomic mass is 10.0. The third kappa shape index (κ3) is 4.84. The van der Waals surface area contributed by atoms with Gasteiger partial charge >= 0.3 is 0 Å². The lowest BCUT2D eigenvalue weighted by molar-refractivity contribution is -0.120. The second-order valence-corrected chi connectivity index (χ2v) is 12.0. The van der Waals surface area contributed by atoms with E-state index in [-0.39, 0.29) is 17.5 Å². The number of thiophene rings is 1. The minimum atomic E-state index is -0.103. The first-order valence-electron chi connectivity index (χ1n) is 14.4. The number of anilines is 2. The molecule has 2 saturated heterocycles. The van der Waals surface area contributed by atoms with Crippen LogP contribution in [0.2, 0.25) is 0 Å². The van der Waals surface area contributed by atoms with Crippen molar-refractivity contribution < 1.29 is 14.3 Å². The van der Waals surface area contributed by atoms with Gasteiger partial charge in [0.25, 0.3) is 5.56 Å². The van der Waals surface area contributed by atoms with Gasteiger partial charge < -0.3 is 19.3 Å². The molecule has 2 aliphatic heterocycles. The van der Waals surface area contributed by atoms with Crippen molar-refractivity contribution in [3.8, 4) is 11.1 Å². The Morgan fingerprint density at radius 1 is 1.00 bits per heavy atom. The normalized spacial score (nSPS) is 18.2. The van der Waals surface area contributed by atoms with Gasteiger partial charge in [-0.2, -0.15) is 0 Å². The Bertz CT molecular complexity index is 1860. The van der Waals surface area contributed by atoms with Crippen molar-refractivity contribution in [1.82, 2.24) is 14.3 Å². The van der Waals surface area contributed by atoms with Gasteiger partial charge in [0, 0.05) is 75.9 Å². The number of amides is 1. The molecule has 5 heterocycles. The first-order valence-corrected chi connectivity index (χ1v) is 15.2. The van der Waals surface area contributed by atoms with Gasteiger partial charge in [-0.25, -0.2) is 4.98 Å². The fourth-order valence-corrected chi connectivity index (χ4v) is 7.16. The molecule has 2 aliphatic rings. The molecule has 0 radical (unpaired) electrons. The van der Waals surface area contributed by atoms with E-state index in [1.807, 2.05) is 25.2 Å². The average Bonchev–Trinajstić information content (AvgIpc) is 3.39. The summed E-state index contributed by atoms with van der Waals surface area (Å²) in [6.07, 6.45) is 1.78. The molecule has 7 rings (SSSR count). The largest absolute Gasteiger partial charge is 0.379 e. The van der Waals surface area contributed by atoms with Crippen LogP contribution < -0.4 is 15.4 Å². The highest BCUT2D eigenvalue weighted by atomic mass is 32.1. The van der Waals surface area contributed by atoms with E-state index in [2.05, 4.69) is 47.1 Å². The highest BCUT2D eigenvalue weighted by Gasteiger charge is 2.23. The van der Waals surface area contributed by atoms with Crippen LogP contribution in [0.3, 0.4) is 0 Å². The van der Waals surface area contributed by atoms with E-state index >= 15 is 0 Å². The van der Waals surface area contributed by atoms with E-state index in [9.17, 15) is 9.59 Å². The fourth-order valence-electron chi connectivity index (χ4n) is 5.95. The molecule has 0 spiro atoms. The number of carbonyl (C=O) groups excluding carboxylic acids is 1. The molecular formula is C32H33N5O4S. The number of benzene rings is 2. The number of carbonyl (C=O) groups is 1. The van der Waals surface area contributed by atoms with E-state index in [1.54, 1.807) is 32.9 Å². The third-order valence-corrected chi connectivity index (χ3v) is 9.55. The lowest BCUT2D eigenvalue weighted by Gasteiger charge is -2.34. The molecule has 10 heteroatoms. The first kappa shape index (κ1) is 27.0. The molecule has 0 aliphatic carbocycles. The Morgan fingerprint density at radius 3 is 2.64 bits per heavy atom.